The molecule has 5 heteroatoms. The fourth-order valence-corrected chi connectivity index (χ4v) is 3.34. The second-order valence-corrected chi connectivity index (χ2v) is 7.03. The summed E-state index contributed by atoms with van der Waals surface area (Å²) in [6, 6.07) is 14.2. The first-order valence-corrected chi connectivity index (χ1v) is 9.23. The minimum atomic E-state index is 0.122. The number of benzene rings is 2. The normalized spacial score (nSPS) is 12.6. The summed E-state index contributed by atoms with van der Waals surface area (Å²) in [5.74, 6) is 0. The summed E-state index contributed by atoms with van der Waals surface area (Å²) in [6.07, 6.45) is 3.07. The average molecular weight is 377 g/mol. The molecule has 1 atom stereocenters. The predicted molar refractivity (Wildman–Crippen MR) is 106 cm³/mol. The van der Waals surface area contributed by atoms with E-state index >= 15 is 0 Å². The second-order valence-electron chi connectivity index (χ2n) is 6.22. The van der Waals surface area contributed by atoms with Gasteiger partial charge < -0.3 is 15.0 Å². The molecule has 0 aliphatic heterocycles. The second kappa shape index (κ2) is 8.24. The number of hydrogen-bond donors (Lipinski definition) is 2. The fourth-order valence-electron chi connectivity index (χ4n) is 3.02. The quantitative estimate of drug-likeness (QED) is 0.617. The minimum absolute atomic E-state index is 0.122. The van der Waals surface area contributed by atoms with E-state index in [4.69, 9.17) is 23.2 Å². The van der Waals surface area contributed by atoms with Gasteiger partial charge in [-0.15, -0.1) is 0 Å². The Morgan fingerprint density at radius 2 is 1.92 bits per heavy atom. The number of nitrogens with zero attached hydrogens (tertiary/aromatic N) is 1. The van der Waals surface area contributed by atoms with Crippen LogP contribution in [0.3, 0.4) is 0 Å². The van der Waals surface area contributed by atoms with Crippen molar-refractivity contribution in [2.75, 3.05) is 6.61 Å². The zero-order valence-corrected chi connectivity index (χ0v) is 15.7. The van der Waals surface area contributed by atoms with Crippen molar-refractivity contribution in [2.45, 2.75) is 32.5 Å². The van der Waals surface area contributed by atoms with Crippen LogP contribution in [0.2, 0.25) is 10.0 Å². The van der Waals surface area contributed by atoms with E-state index in [1.165, 1.54) is 16.5 Å². The van der Waals surface area contributed by atoms with Gasteiger partial charge in [-0.3, -0.25) is 0 Å². The van der Waals surface area contributed by atoms with Gasteiger partial charge in [0.15, 0.2) is 0 Å². The summed E-state index contributed by atoms with van der Waals surface area (Å²) < 4.78 is 2.23. The molecule has 0 aliphatic rings. The molecule has 1 aromatic heterocycles. The highest BCUT2D eigenvalue weighted by atomic mass is 35.5. The Morgan fingerprint density at radius 3 is 2.64 bits per heavy atom. The van der Waals surface area contributed by atoms with Gasteiger partial charge in [0.05, 0.1) is 16.7 Å². The molecule has 132 valence electrons. The highest BCUT2D eigenvalue weighted by Crippen LogP contribution is 2.26. The van der Waals surface area contributed by atoms with Gasteiger partial charge in [0.25, 0.3) is 0 Å². The molecule has 25 heavy (non-hydrogen) atoms. The Kier molecular flexibility index (Phi) is 6.02. The number of para-hydroxylation sites is 1. The van der Waals surface area contributed by atoms with Gasteiger partial charge in [-0.05, 0) is 35.7 Å². The lowest BCUT2D eigenvalue weighted by Gasteiger charge is -2.13. The summed E-state index contributed by atoms with van der Waals surface area (Å²) in [7, 11) is 0. The van der Waals surface area contributed by atoms with Crippen molar-refractivity contribution in [2.24, 2.45) is 0 Å². The summed E-state index contributed by atoms with van der Waals surface area (Å²) >= 11 is 12.2. The van der Waals surface area contributed by atoms with Crippen LogP contribution in [-0.4, -0.2) is 22.3 Å². The van der Waals surface area contributed by atoms with Crippen molar-refractivity contribution in [3.63, 3.8) is 0 Å². The maximum atomic E-state index is 9.37. The first kappa shape index (κ1) is 18.3. The van der Waals surface area contributed by atoms with E-state index in [9.17, 15) is 5.11 Å². The highest BCUT2D eigenvalue weighted by molar-refractivity contribution is 6.42. The van der Waals surface area contributed by atoms with Gasteiger partial charge in [0, 0.05) is 36.2 Å². The third kappa shape index (κ3) is 4.18. The van der Waals surface area contributed by atoms with E-state index in [1.54, 1.807) is 0 Å². The minimum Gasteiger partial charge on any atom is -0.395 e. The number of nitrogens with one attached hydrogen (secondary N) is 1. The molecule has 0 aliphatic carbocycles. The van der Waals surface area contributed by atoms with E-state index in [1.807, 2.05) is 24.3 Å². The smallest absolute Gasteiger partial charge is 0.0595 e. The van der Waals surface area contributed by atoms with Crippen LogP contribution >= 0.6 is 23.2 Å². The summed E-state index contributed by atoms with van der Waals surface area (Å²) in [5.41, 5.74) is 3.52. The Labute approximate surface area is 158 Å². The molecule has 3 aromatic rings. The van der Waals surface area contributed by atoms with Gasteiger partial charge >= 0.3 is 0 Å². The maximum absolute atomic E-state index is 9.37. The number of hydrogen-bond acceptors (Lipinski definition) is 2. The fraction of sp³-hybridized carbons (Fsp3) is 0.300. The first-order valence-electron chi connectivity index (χ1n) is 8.47. The van der Waals surface area contributed by atoms with E-state index < -0.39 is 0 Å². The predicted octanol–water partition coefficient (Wildman–Crippen LogP) is 4.86. The molecule has 3 rings (SSSR count). The molecule has 0 radical (unpaired) electrons. The Hall–Kier alpha value is -1.52. The highest BCUT2D eigenvalue weighted by Gasteiger charge is 2.11. The largest absolute Gasteiger partial charge is 0.395 e. The van der Waals surface area contributed by atoms with Crippen LogP contribution in [0.5, 0.6) is 0 Å². The lowest BCUT2D eigenvalue weighted by Crippen LogP contribution is -2.31. The maximum Gasteiger partial charge on any atom is 0.0595 e. The number of aliphatic hydroxyl groups excluding tert-OH is 1. The summed E-state index contributed by atoms with van der Waals surface area (Å²) in [4.78, 5) is 0. The van der Waals surface area contributed by atoms with Gasteiger partial charge in [-0.1, -0.05) is 54.4 Å². The van der Waals surface area contributed by atoms with E-state index in [0.29, 0.717) is 10.0 Å². The molecule has 3 nitrogen and oxygen atoms in total. The molecule has 0 fully saturated rings. The lowest BCUT2D eigenvalue weighted by atomic mass is 10.1. The van der Waals surface area contributed by atoms with Crippen molar-refractivity contribution in [3.05, 3.63) is 69.8 Å². The SMILES string of the molecule is CC[C@@H](CO)NCc1cn(Cc2ccc(Cl)c(Cl)c2)c2ccccc12. The molecule has 0 saturated heterocycles. The van der Waals surface area contributed by atoms with Crippen molar-refractivity contribution >= 4 is 34.1 Å². The number of rotatable bonds is 7. The third-order valence-corrected chi connectivity index (χ3v) is 5.24. The zero-order chi connectivity index (χ0) is 17.8. The lowest BCUT2D eigenvalue weighted by molar-refractivity contribution is 0.238. The summed E-state index contributed by atoms with van der Waals surface area (Å²) in [6.45, 7) is 3.68. The molecule has 2 aromatic carbocycles. The van der Waals surface area contributed by atoms with E-state index in [-0.39, 0.29) is 12.6 Å². The number of aromatic nitrogens is 1. The molecule has 2 N–H and O–H groups in total. The molecule has 0 amide bonds. The standard InChI is InChI=1S/C20H22Cl2N2O/c1-2-16(13-25)23-10-15-12-24(20-6-4-3-5-17(15)20)11-14-7-8-18(21)19(22)9-14/h3-9,12,16,23,25H,2,10-11,13H2,1H3/t16-/m0/s1. The number of fused-ring (bicyclic) bond motifs is 1. The van der Waals surface area contributed by atoms with Gasteiger partial charge in [-0.25, -0.2) is 0 Å². The third-order valence-electron chi connectivity index (χ3n) is 4.50. The topological polar surface area (TPSA) is 37.2 Å². The van der Waals surface area contributed by atoms with Crippen LogP contribution in [0, 0.1) is 0 Å². The molecule has 0 unspecified atom stereocenters. The number of aliphatic hydroxyl groups is 1. The molecule has 0 spiro atoms. The van der Waals surface area contributed by atoms with Crippen LogP contribution in [0.1, 0.15) is 24.5 Å². The van der Waals surface area contributed by atoms with Crippen LogP contribution in [0.25, 0.3) is 10.9 Å². The van der Waals surface area contributed by atoms with Crippen molar-refractivity contribution < 1.29 is 5.11 Å². The van der Waals surface area contributed by atoms with Gasteiger partial charge in [0.1, 0.15) is 0 Å². The average Bonchev–Trinajstić information content (AvgIpc) is 2.97. The van der Waals surface area contributed by atoms with Crippen LogP contribution < -0.4 is 5.32 Å². The van der Waals surface area contributed by atoms with Crippen LogP contribution in [-0.2, 0) is 13.1 Å². The zero-order valence-electron chi connectivity index (χ0n) is 14.2. The monoisotopic (exact) mass is 376 g/mol. The van der Waals surface area contributed by atoms with Crippen LogP contribution in [0.15, 0.2) is 48.7 Å². The molecule has 1 heterocycles. The van der Waals surface area contributed by atoms with E-state index in [0.717, 1.165) is 25.1 Å². The molecular formula is C20H22Cl2N2O. The number of halogens is 2. The van der Waals surface area contributed by atoms with Crippen molar-refractivity contribution in [3.8, 4) is 0 Å². The molecule has 0 bridgehead atoms. The van der Waals surface area contributed by atoms with E-state index in [2.05, 4.69) is 41.2 Å². The summed E-state index contributed by atoms with van der Waals surface area (Å²) in [5, 5.41) is 15.2. The molecular weight excluding hydrogens is 355 g/mol. The Morgan fingerprint density at radius 1 is 1.12 bits per heavy atom. The Bertz CT molecular complexity index is 856. The van der Waals surface area contributed by atoms with Gasteiger partial charge in [-0.2, -0.15) is 0 Å². The molecule has 0 saturated carbocycles. The first-order chi connectivity index (χ1) is 12.1. The van der Waals surface area contributed by atoms with Crippen LogP contribution in [0.4, 0.5) is 0 Å². The van der Waals surface area contributed by atoms with Gasteiger partial charge in [0.2, 0.25) is 0 Å². The Balaban J connectivity index is 1.89. The van der Waals surface area contributed by atoms with Crippen molar-refractivity contribution in [1.82, 2.24) is 9.88 Å². The van der Waals surface area contributed by atoms with Crippen molar-refractivity contribution in [1.29, 1.82) is 0 Å².